The first kappa shape index (κ1) is 20.1. The molecule has 1 heterocycles. The van der Waals surface area contributed by atoms with E-state index in [1.165, 1.54) is 32.4 Å². The molecule has 4 amide bonds. The Morgan fingerprint density at radius 2 is 1.79 bits per heavy atom. The van der Waals surface area contributed by atoms with Gasteiger partial charge in [0.25, 0.3) is 0 Å². The summed E-state index contributed by atoms with van der Waals surface area (Å²) in [6.45, 7) is -0.239. The van der Waals surface area contributed by atoms with E-state index in [0.717, 1.165) is 23.1 Å². The van der Waals surface area contributed by atoms with E-state index in [1.54, 1.807) is 0 Å². The van der Waals surface area contributed by atoms with Gasteiger partial charge in [0.15, 0.2) is 23.1 Å². The zero-order valence-corrected chi connectivity index (χ0v) is 15.5. The number of anilines is 2. The summed E-state index contributed by atoms with van der Waals surface area (Å²) in [5, 5.41) is 4.81. The van der Waals surface area contributed by atoms with Gasteiger partial charge in [-0.15, -0.1) is 0 Å². The second-order valence-electron chi connectivity index (χ2n) is 6.07. The van der Waals surface area contributed by atoms with E-state index >= 15 is 0 Å². The molecular weight excluding hydrogens is 388 g/mol. The number of ether oxygens (including phenoxy) is 2. The Labute approximate surface area is 164 Å². The smallest absolute Gasteiger partial charge is 0.328 e. The summed E-state index contributed by atoms with van der Waals surface area (Å²) < 4.78 is 36.7. The van der Waals surface area contributed by atoms with Crippen LogP contribution in [0.15, 0.2) is 36.4 Å². The monoisotopic (exact) mass is 405 g/mol. The van der Waals surface area contributed by atoms with Gasteiger partial charge in [-0.05, 0) is 24.3 Å². The first-order valence-corrected chi connectivity index (χ1v) is 8.45. The summed E-state index contributed by atoms with van der Waals surface area (Å²) in [7, 11) is 2.84. The van der Waals surface area contributed by atoms with E-state index in [4.69, 9.17) is 9.47 Å². The van der Waals surface area contributed by atoms with Gasteiger partial charge >= 0.3 is 6.03 Å². The van der Waals surface area contributed by atoms with E-state index in [2.05, 4.69) is 10.6 Å². The molecule has 0 bridgehead atoms. The first-order chi connectivity index (χ1) is 13.8. The highest BCUT2D eigenvalue weighted by Gasteiger charge is 2.39. The molecule has 1 fully saturated rings. The molecule has 10 heteroatoms. The summed E-state index contributed by atoms with van der Waals surface area (Å²) >= 11 is 0. The average molecular weight is 405 g/mol. The second kappa shape index (κ2) is 8.13. The molecule has 1 aliphatic rings. The van der Waals surface area contributed by atoms with Crippen molar-refractivity contribution in [3.63, 3.8) is 0 Å². The lowest BCUT2D eigenvalue weighted by Gasteiger charge is -2.31. The van der Waals surface area contributed by atoms with E-state index in [1.807, 2.05) is 0 Å². The van der Waals surface area contributed by atoms with Gasteiger partial charge in [0, 0.05) is 24.4 Å². The Morgan fingerprint density at radius 3 is 2.45 bits per heavy atom. The number of halogens is 2. The van der Waals surface area contributed by atoms with Crippen LogP contribution in [-0.4, -0.2) is 38.6 Å². The van der Waals surface area contributed by atoms with Crippen LogP contribution in [0.1, 0.15) is 0 Å². The van der Waals surface area contributed by atoms with E-state index < -0.39 is 35.4 Å². The van der Waals surface area contributed by atoms with Crippen LogP contribution in [0.4, 0.5) is 25.0 Å². The molecule has 0 saturated carbocycles. The van der Waals surface area contributed by atoms with Crippen molar-refractivity contribution >= 4 is 29.2 Å². The van der Waals surface area contributed by atoms with Gasteiger partial charge in [0.05, 0.1) is 19.9 Å². The fraction of sp³-hybridized carbons (Fsp3) is 0.211. The number of imide groups is 1. The standard InChI is InChI=1S/C19H17F2N3O5/c1-28-15-6-4-11(8-16(15)29-2)24-18(26)12(9-22-19(24)27)17(25)23-10-3-5-13(20)14(21)7-10/h3-8,12H,9H2,1-2H3,(H,22,27)(H,23,25). The zero-order chi connectivity index (χ0) is 21.1. The minimum Gasteiger partial charge on any atom is -0.493 e. The van der Waals surface area contributed by atoms with Crippen LogP contribution in [0.5, 0.6) is 11.5 Å². The number of rotatable bonds is 5. The Balaban J connectivity index is 1.84. The molecule has 8 nitrogen and oxygen atoms in total. The number of carbonyl (C=O) groups is 3. The Kier molecular flexibility index (Phi) is 5.62. The fourth-order valence-electron chi connectivity index (χ4n) is 2.83. The SMILES string of the molecule is COc1ccc(N2C(=O)NCC(C(=O)Nc3ccc(F)c(F)c3)C2=O)cc1OC. The minimum atomic E-state index is -1.27. The van der Waals surface area contributed by atoms with Gasteiger partial charge in [0.2, 0.25) is 11.8 Å². The molecule has 2 aromatic rings. The maximum Gasteiger partial charge on any atom is 0.328 e. The molecule has 152 valence electrons. The normalized spacial score (nSPS) is 16.3. The number of hydrogen-bond donors (Lipinski definition) is 2. The molecule has 2 aromatic carbocycles. The number of nitrogens with zero attached hydrogens (tertiary/aromatic N) is 1. The highest BCUT2D eigenvalue weighted by atomic mass is 19.2. The van der Waals surface area contributed by atoms with Crippen LogP contribution in [0.25, 0.3) is 0 Å². The number of hydrogen-bond acceptors (Lipinski definition) is 5. The largest absolute Gasteiger partial charge is 0.493 e. The second-order valence-corrected chi connectivity index (χ2v) is 6.07. The Morgan fingerprint density at radius 1 is 1.07 bits per heavy atom. The number of carbonyl (C=O) groups excluding carboxylic acids is 3. The first-order valence-electron chi connectivity index (χ1n) is 8.45. The van der Waals surface area contributed by atoms with Gasteiger partial charge < -0.3 is 20.1 Å². The maximum atomic E-state index is 13.3. The molecular formula is C19H17F2N3O5. The predicted octanol–water partition coefficient (Wildman–Crippen LogP) is 2.29. The van der Waals surface area contributed by atoms with E-state index in [9.17, 15) is 23.2 Å². The average Bonchev–Trinajstić information content (AvgIpc) is 2.70. The zero-order valence-electron chi connectivity index (χ0n) is 15.5. The van der Waals surface area contributed by atoms with Crippen molar-refractivity contribution < 1.29 is 32.6 Å². The summed E-state index contributed by atoms with van der Waals surface area (Å²) in [5.41, 5.74) is 0.159. The van der Waals surface area contributed by atoms with Crippen LogP contribution in [0, 0.1) is 17.6 Å². The van der Waals surface area contributed by atoms with Gasteiger partial charge in [-0.3, -0.25) is 9.59 Å². The van der Waals surface area contributed by atoms with E-state index in [0.29, 0.717) is 11.5 Å². The molecule has 0 spiro atoms. The molecule has 0 aliphatic carbocycles. The molecule has 1 aliphatic heterocycles. The molecule has 0 aromatic heterocycles. The molecule has 1 atom stereocenters. The summed E-state index contributed by atoms with van der Waals surface area (Å²) in [6, 6.07) is 6.50. The topological polar surface area (TPSA) is 97.0 Å². The van der Waals surface area contributed by atoms with Crippen LogP contribution in [0.3, 0.4) is 0 Å². The van der Waals surface area contributed by atoms with Crippen molar-refractivity contribution in [1.82, 2.24) is 5.32 Å². The van der Waals surface area contributed by atoms with Crippen molar-refractivity contribution in [1.29, 1.82) is 0 Å². The molecule has 2 N–H and O–H groups in total. The Bertz CT molecular complexity index is 982. The quantitative estimate of drug-likeness (QED) is 0.744. The highest BCUT2D eigenvalue weighted by Crippen LogP contribution is 2.32. The number of nitrogens with one attached hydrogen (secondary N) is 2. The van der Waals surface area contributed by atoms with E-state index in [-0.39, 0.29) is 17.9 Å². The fourth-order valence-corrected chi connectivity index (χ4v) is 2.83. The summed E-state index contributed by atoms with van der Waals surface area (Å²) in [4.78, 5) is 38.4. The lowest BCUT2D eigenvalue weighted by molar-refractivity contribution is -0.130. The highest BCUT2D eigenvalue weighted by molar-refractivity contribution is 6.23. The lowest BCUT2D eigenvalue weighted by atomic mass is 10.0. The molecule has 3 rings (SSSR count). The molecule has 1 unspecified atom stereocenters. The maximum absolute atomic E-state index is 13.3. The van der Waals surface area contributed by atoms with Gasteiger partial charge in [0.1, 0.15) is 5.92 Å². The van der Waals surface area contributed by atoms with Gasteiger partial charge in [-0.2, -0.15) is 0 Å². The molecule has 29 heavy (non-hydrogen) atoms. The summed E-state index contributed by atoms with van der Waals surface area (Å²) in [6.07, 6.45) is 0. The number of amides is 4. The summed E-state index contributed by atoms with van der Waals surface area (Å²) in [5.74, 6) is -4.34. The van der Waals surface area contributed by atoms with Crippen LogP contribution < -0.4 is 25.0 Å². The van der Waals surface area contributed by atoms with Crippen LogP contribution in [-0.2, 0) is 9.59 Å². The van der Waals surface area contributed by atoms with Crippen molar-refractivity contribution in [3.8, 4) is 11.5 Å². The minimum absolute atomic E-state index is 0.0173. The molecule has 1 saturated heterocycles. The van der Waals surface area contributed by atoms with Gasteiger partial charge in [-0.1, -0.05) is 0 Å². The number of urea groups is 1. The third kappa shape index (κ3) is 3.96. The van der Waals surface area contributed by atoms with Gasteiger partial charge in [-0.25, -0.2) is 18.5 Å². The lowest BCUT2D eigenvalue weighted by Crippen LogP contribution is -2.58. The molecule has 0 radical (unpaired) electrons. The van der Waals surface area contributed by atoms with Crippen molar-refractivity contribution in [3.05, 3.63) is 48.0 Å². The van der Waals surface area contributed by atoms with Crippen molar-refractivity contribution in [2.24, 2.45) is 5.92 Å². The van der Waals surface area contributed by atoms with Crippen LogP contribution in [0.2, 0.25) is 0 Å². The third-order valence-corrected chi connectivity index (χ3v) is 4.31. The number of benzene rings is 2. The Hall–Kier alpha value is -3.69. The third-order valence-electron chi connectivity index (χ3n) is 4.31. The van der Waals surface area contributed by atoms with Crippen molar-refractivity contribution in [2.75, 3.05) is 31.0 Å². The predicted molar refractivity (Wildman–Crippen MR) is 98.9 cm³/mol. The van der Waals surface area contributed by atoms with Crippen LogP contribution >= 0.6 is 0 Å². The van der Waals surface area contributed by atoms with Crippen molar-refractivity contribution in [2.45, 2.75) is 0 Å². The number of methoxy groups -OCH3 is 2.